The molecule has 2 aliphatic rings. The normalized spacial score (nSPS) is 19.1. The lowest BCUT2D eigenvalue weighted by atomic mass is 9.76. The number of hydrogen-bond donors (Lipinski definition) is 1. The number of fused-ring (bicyclic) bond motifs is 4. The molecule has 0 bridgehead atoms. The van der Waals surface area contributed by atoms with Crippen molar-refractivity contribution < 1.29 is 14.3 Å². The summed E-state index contributed by atoms with van der Waals surface area (Å²) in [6, 6.07) is 22.7. The highest BCUT2D eigenvalue weighted by Gasteiger charge is 2.46. The van der Waals surface area contributed by atoms with E-state index in [2.05, 4.69) is 11.4 Å². The maximum absolute atomic E-state index is 13.8. The standard InChI is InChI=1S/C26H24N2O3/c1-2-31-22-14-8-7-13-21(22)27-25(29)23-19-11-5-6-12-20(19)26(30)28-16-15-17-9-3-4-10-18(17)24(23)28/h3-14,23-24H,2,15-16H2,1H3,(H,27,29). The fraction of sp³-hybridized carbons (Fsp3) is 0.231. The largest absolute Gasteiger partial charge is 0.492 e. The van der Waals surface area contributed by atoms with Crippen LogP contribution >= 0.6 is 0 Å². The molecule has 2 amide bonds. The van der Waals surface area contributed by atoms with Crippen LogP contribution in [0.1, 0.15) is 45.9 Å². The van der Waals surface area contributed by atoms with Gasteiger partial charge in [0, 0.05) is 12.1 Å². The molecule has 2 atom stereocenters. The molecule has 31 heavy (non-hydrogen) atoms. The van der Waals surface area contributed by atoms with Gasteiger partial charge in [-0.05, 0) is 48.2 Å². The van der Waals surface area contributed by atoms with E-state index in [0.29, 0.717) is 30.2 Å². The van der Waals surface area contributed by atoms with Gasteiger partial charge in [0.25, 0.3) is 5.91 Å². The summed E-state index contributed by atoms with van der Waals surface area (Å²) in [5.74, 6) is -0.0165. The summed E-state index contributed by atoms with van der Waals surface area (Å²) in [6.07, 6.45) is 0.794. The summed E-state index contributed by atoms with van der Waals surface area (Å²) in [5.41, 5.74) is 4.27. The summed E-state index contributed by atoms with van der Waals surface area (Å²) in [6.45, 7) is 3.03. The first kappa shape index (κ1) is 19.4. The van der Waals surface area contributed by atoms with Gasteiger partial charge in [0.2, 0.25) is 5.91 Å². The molecule has 3 aromatic rings. The van der Waals surface area contributed by atoms with Crippen LogP contribution in [-0.4, -0.2) is 29.9 Å². The second kappa shape index (κ2) is 7.91. The molecular formula is C26H24N2O3. The number of carbonyl (C=O) groups is 2. The van der Waals surface area contributed by atoms with Crippen molar-refractivity contribution in [2.24, 2.45) is 0 Å². The van der Waals surface area contributed by atoms with E-state index in [1.807, 2.05) is 78.6 Å². The van der Waals surface area contributed by atoms with Crippen LogP contribution in [0.3, 0.4) is 0 Å². The molecule has 2 unspecified atom stereocenters. The maximum atomic E-state index is 13.8. The molecule has 156 valence electrons. The molecule has 1 N–H and O–H groups in total. The molecule has 0 radical (unpaired) electrons. The van der Waals surface area contributed by atoms with E-state index < -0.39 is 5.92 Å². The van der Waals surface area contributed by atoms with Crippen molar-refractivity contribution in [3.05, 3.63) is 95.1 Å². The van der Waals surface area contributed by atoms with Crippen molar-refractivity contribution in [3.8, 4) is 5.75 Å². The van der Waals surface area contributed by atoms with Gasteiger partial charge in [-0.2, -0.15) is 0 Å². The Bertz CT molecular complexity index is 1160. The van der Waals surface area contributed by atoms with E-state index in [1.54, 1.807) is 0 Å². The smallest absolute Gasteiger partial charge is 0.254 e. The Hall–Kier alpha value is -3.60. The molecule has 3 aromatic carbocycles. The van der Waals surface area contributed by atoms with Crippen LogP contribution in [0.4, 0.5) is 5.69 Å². The zero-order valence-corrected chi connectivity index (χ0v) is 17.4. The number of amides is 2. The van der Waals surface area contributed by atoms with E-state index in [9.17, 15) is 9.59 Å². The van der Waals surface area contributed by atoms with Crippen LogP contribution in [0.2, 0.25) is 0 Å². The van der Waals surface area contributed by atoms with Crippen molar-refractivity contribution in [3.63, 3.8) is 0 Å². The van der Waals surface area contributed by atoms with E-state index >= 15 is 0 Å². The van der Waals surface area contributed by atoms with Gasteiger partial charge in [0.15, 0.2) is 0 Å². The van der Waals surface area contributed by atoms with Gasteiger partial charge in [-0.15, -0.1) is 0 Å². The predicted octanol–water partition coefficient (Wildman–Crippen LogP) is 4.56. The number of anilines is 1. The molecule has 0 aliphatic carbocycles. The van der Waals surface area contributed by atoms with Gasteiger partial charge >= 0.3 is 0 Å². The molecule has 0 saturated carbocycles. The first-order valence-electron chi connectivity index (χ1n) is 10.7. The number of nitrogens with one attached hydrogen (secondary N) is 1. The first-order chi connectivity index (χ1) is 15.2. The van der Waals surface area contributed by atoms with Crippen LogP contribution in [0, 0.1) is 0 Å². The lowest BCUT2D eigenvalue weighted by Gasteiger charge is -2.45. The highest BCUT2D eigenvalue weighted by Crippen LogP contribution is 2.46. The molecule has 2 aliphatic heterocycles. The molecular weight excluding hydrogens is 388 g/mol. The Morgan fingerprint density at radius 2 is 1.71 bits per heavy atom. The van der Waals surface area contributed by atoms with Gasteiger partial charge in [-0.3, -0.25) is 9.59 Å². The number of para-hydroxylation sites is 2. The quantitative estimate of drug-likeness (QED) is 0.683. The summed E-state index contributed by atoms with van der Waals surface area (Å²) in [7, 11) is 0. The minimum atomic E-state index is -0.509. The Labute approximate surface area is 181 Å². The third kappa shape index (κ3) is 3.26. The SMILES string of the molecule is CCOc1ccccc1NC(=O)C1c2ccccc2C(=O)N2CCc3ccccc3C12. The zero-order valence-electron chi connectivity index (χ0n) is 17.4. The lowest BCUT2D eigenvalue weighted by molar-refractivity contribution is -0.119. The highest BCUT2D eigenvalue weighted by molar-refractivity contribution is 6.05. The second-order valence-electron chi connectivity index (χ2n) is 7.88. The van der Waals surface area contributed by atoms with Crippen LogP contribution in [0.25, 0.3) is 0 Å². The first-order valence-corrected chi connectivity index (χ1v) is 10.7. The Balaban J connectivity index is 1.61. The number of rotatable bonds is 4. The maximum Gasteiger partial charge on any atom is 0.254 e. The van der Waals surface area contributed by atoms with E-state index in [1.165, 1.54) is 5.56 Å². The molecule has 5 heteroatoms. The second-order valence-corrected chi connectivity index (χ2v) is 7.88. The van der Waals surface area contributed by atoms with Crippen molar-refractivity contribution in [2.45, 2.75) is 25.3 Å². The fourth-order valence-corrected chi connectivity index (χ4v) is 4.82. The third-order valence-electron chi connectivity index (χ3n) is 6.16. The van der Waals surface area contributed by atoms with Crippen LogP contribution < -0.4 is 10.1 Å². The Morgan fingerprint density at radius 3 is 2.55 bits per heavy atom. The van der Waals surface area contributed by atoms with E-state index in [0.717, 1.165) is 17.5 Å². The fourth-order valence-electron chi connectivity index (χ4n) is 4.82. The summed E-state index contributed by atoms with van der Waals surface area (Å²) < 4.78 is 5.70. The molecule has 0 spiro atoms. The number of ether oxygens (including phenoxy) is 1. The minimum Gasteiger partial charge on any atom is -0.492 e. The Kier molecular flexibility index (Phi) is 4.94. The van der Waals surface area contributed by atoms with Gasteiger partial charge in [0.1, 0.15) is 5.75 Å². The molecule has 5 rings (SSSR count). The number of carbonyl (C=O) groups excluding carboxylic acids is 2. The molecule has 0 saturated heterocycles. The monoisotopic (exact) mass is 412 g/mol. The summed E-state index contributed by atoms with van der Waals surface area (Å²) >= 11 is 0. The predicted molar refractivity (Wildman–Crippen MR) is 119 cm³/mol. The topological polar surface area (TPSA) is 58.6 Å². The molecule has 5 nitrogen and oxygen atoms in total. The summed E-state index contributed by atoms with van der Waals surface area (Å²) in [4.78, 5) is 28.9. The number of hydrogen-bond acceptors (Lipinski definition) is 3. The van der Waals surface area contributed by atoms with E-state index in [4.69, 9.17) is 4.74 Å². The van der Waals surface area contributed by atoms with Gasteiger partial charge in [0.05, 0.1) is 24.3 Å². The lowest BCUT2D eigenvalue weighted by Crippen LogP contribution is -2.49. The molecule has 0 fully saturated rings. The Morgan fingerprint density at radius 1 is 1.00 bits per heavy atom. The van der Waals surface area contributed by atoms with Gasteiger partial charge in [-0.25, -0.2) is 0 Å². The average molecular weight is 412 g/mol. The van der Waals surface area contributed by atoms with Crippen molar-refractivity contribution in [2.75, 3.05) is 18.5 Å². The third-order valence-corrected chi connectivity index (χ3v) is 6.16. The van der Waals surface area contributed by atoms with Crippen LogP contribution in [0.5, 0.6) is 5.75 Å². The van der Waals surface area contributed by atoms with Crippen LogP contribution in [-0.2, 0) is 11.2 Å². The highest BCUT2D eigenvalue weighted by atomic mass is 16.5. The van der Waals surface area contributed by atoms with Crippen molar-refractivity contribution in [1.82, 2.24) is 4.90 Å². The van der Waals surface area contributed by atoms with Crippen LogP contribution in [0.15, 0.2) is 72.8 Å². The number of nitrogens with zero attached hydrogens (tertiary/aromatic N) is 1. The van der Waals surface area contributed by atoms with Crippen molar-refractivity contribution in [1.29, 1.82) is 0 Å². The van der Waals surface area contributed by atoms with Gasteiger partial charge < -0.3 is 15.0 Å². The summed E-state index contributed by atoms with van der Waals surface area (Å²) in [5, 5.41) is 3.08. The van der Waals surface area contributed by atoms with Crippen molar-refractivity contribution >= 4 is 17.5 Å². The number of benzene rings is 3. The molecule has 2 heterocycles. The average Bonchev–Trinajstić information content (AvgIpc) is 2.80. The zero-order chi connectivity index (χ0) is 21.4. The van der Waals surface area contributed by atoms with Gasteiger partial charge in [-0.1, -0.05) is 54.6 Å². The minimum absolute atomic E-state index is 0.00568. The molecule has 0 aromatic heterocycles. The van der Waals surface area contributed by atoms with E-state index in [-0.39, 0.29) is 17.9 Å².